The smallest absolute Gasteiger partial charge is 0.179 e. The van der Waals surface area contributed by atoms with Gasteiger partial charge in [-0.2, -0.15) is 0 Å². The Hall–Kier alpha value is -0.610. The summed E-state index contributed by atoms with van der Waals surface area (Å²) < 4.78 is 18.8. The number of hydrogen-bond acceptors (Lipinski definition) is 2. The maximum atomic E-state index is 13.2. The van der Waals surface area contributed by atoms with Crippen molar-refractivity contribution in [3.8, 4) is 5.75 Å². The lowest BCUT2D eigenvalue weighted by molar-refractivity contribution is 0.319. The summed E-state index contributed by atoms with van der Waals surface area (Å²) in [5, 5.41) is 0. The van der Waals surface area contributed by atoms with E-state index in [4.69, 9.17) is 10.5 Å². The predicted octanol–water partition coefficient (Wildman–Crippen LogP) is 1.98. The van der Waals surface area contributed by atoms with Crippen LogP contribution in [0, 0.1) is 5.82 Å². The molecule has 0 fully saturated rings. The number of hydrogen-bond donors (Lipinski definition) is 1. The molecule has 1 aromatic carbocycles. The molecule has 0 aliphatic carbocycles. The summed E-state index contributed by atoms with van der Waals surface area (Å²) in [6, 6.07) is 3.23. The van der Waals surface area contributed by atoms with Crippen LogP contribution in [0.15, 0.2) is 16.6 Å². The lowest BCUT2D eigenvalue weighted by Crippen LogP contribution is -2.10. The third-order valence-electron chi connectivity index (χ3n) is 1.89. The van der Waals surface area contributed by atoms with Crippen molar-refractivity contribution in [2.45, 2.75) is 6.04 Å². The van der Waals surface area contributed by atoms with E-state index < -0.39 is 0 Å². The molecule has 0 amide bonds. The Morgan fingerprint density at radius 2 is 2.33 bits per heavy atom. The molecule has 1 atom stereocenters. The van der Waals surface area contributed by atoms with Crippen molar-refractivity contribution >= 4 is 15.9 Å². The number of rotatable bonds is 0. The van der Waals surface area contributed by atoms with Gasteiger partial charge in [0.2, 0.25) is 0 Å². The number of halogens is 2. The van der Waals surface area contributed by atoms with Gasteiger partial charge in [-0.3, -0.25) is 0 Å². The Bertz CT molecular complexity index is 329. The molecule has 0 radical (unpaired) electrons. The fourth-order valence-corrected chi connectivity index (χ4v) is 1.56. The molecule has 0 unspecified atom stereocenters. The van der Waals surface area contributed by atoms with E-state index in [-0.39, 0.29) is 17.6 Å². The van der Waals surface area contributed by atoms with Gasteiger partial charge in [0.1, 0.15) is 6.61 Å². The minimum Gasteiger partial charge on any atom is -0.488 e. The van der Waals surface area contributed by atoms with Crippen molar-refractivity contribution < 1.29 is 9.13 Å². The summed E-state index contributed by atoms with van der Waals surface area (Å²) in [5.74, 6) is -0.0719. The van der Waals surface area contributed by atoms with Gasteiger partial charge in [0.25, 0.3) is 0 Å². The highest BCUT2D eigenvalue weighted by Gasteiger charge is 2.24. The molecule has 1 aromatic rings. The Morgan fingerprint density at radius 1 is 1.58 bits per heavy atom. The topological polar surface area (TPSA) is 35.2 Å². The molecule has 0 aromatic heterocycles. The van der Waals surface area contributed by atoms with Crippen LogP contribution in [-0.2, 0) is 0 Å². The van der Waals surface area contributed by atoms with Crippen LogP contribution >= 0.6 is 15.9 Å². The second-order valence-corrected chi connectivity index (χ2v) is 3.55. The van der Waals surface area contributed by atoms with Gasteiger partial charge < -0.3 is 10.5 Å². The van der Waals surface area contributed by atoms with E-state index in [2.05, 4.69) is 15.9 Å². The second kappa shape index (κ2) is 2.71. The van der Waals surface area contributed by atoms with Gasteiger partial charge in [-0.25, -0.2) is 4.39 Å². The van der Waals surface area contributed by atoms with Crippen LogP contribution in [0.4, 0.5) is 4.39 Å². The standard InChI is InChI=1S/C8H7BrFNO/c9-5-2-1-4-6(11)3-12-8(4)7(5)10/h1-2,6H,3,11H2/t6-/m0/s1. The zero-order chi connectivity index (χ0) is 8.72. The highest BCUT2D eigenvalue weighted by molar-refractivity contribution is 9.10. The largest absolute Gasteiger partial charge is 0.488 e. The minimum atomic E-state index is -0.361. The van der Waals surface area contributed by atoms with Crippen molar-refractivity contribution in [1.82, 2.24) is 0 Å². The number of nitrogens with two attached hydrogens (primary N) is 1. The fraction of sp³-hybridized carbons (Fsp3) is 0.250. The van der Waals surface area contributed by atoms with Crippen LogP contribution < -0.4 is 10.5 Å². The Morgan fingerprint density at radius 3 is 3.08 bits per heavy atom. The van der Waals surface area contributed by atoms with Crippen LogP contribution in [-0.4, -0.2) is 6.61 Å². The van der Waals surface area contributed by atoms with Gasteiger partial charge in [0.05, 0.1) is 10.5 Å². The quantitative estimate of drug-likeness (QED) is 0.742. The molecule has 1 heterocycles. The Balaban J connectivity index is 2.60. The summed E-state index contributed by atoms with van der Waals surface area (Å²) >= 11 is 3.07. The van der Waals surface area contributed by atoms with Crippen molar-refractivity contribution in [3.63, 3.8) is 0 Å². The summed E-state index contributed by atoms with van der Waals surface area (Å²) in [5.41, 5.74) is 6.40. The first-order chi connectivity index (χ1) is 5.70. The molecule has 2 rings (SSSR count). The molecule has 1 aliphatic rings. The van der Waals surface area contributed by atoms with Crippen LogP contribution in [0.5, 0.6) is 5.75 Å². The summed E-state index contributed by atoms with van der Waals surface area (Å²) in [7, 11) is 0. The van der Waals surface area contributed by atoms with E-state index in [1.807, 2.05) is 0 Å². The van der Waals surface area contributed by atoms with E-state index in [9.17, 15) is 4.39 Å². The average Bonchev–Trinajstić information content (AvgIpc) is 2.41. The van der Waals surface area contributed by atoms with E-state index >= 15 is 0 Å². The zero-order valence-electron chi connectivity index (χ0n) is 6.18. The van der Waals surface area contributed by atoms with E-state index in [0.717, 1.165) is 5.56 Å². The van der Waals surface area contributed by atoms with Gasteiger partial charge in [-0.15, -0.1) is 0 Å². The molecule has 2 nitrogen and oxygen atoms in total. The van der Waals surface area contributed by atoms with Crippen molar-refractivity contribution in [1.29, 1.82) is 0 Å². The lowest BCUT2D eigenvalue weighted by atomic mass is 10.1. The van der Waals surface area contributed by atoms with Crippen molar-refractivity contribution in [2.24, 2.45) is 5.73 Å². The number of benzene rings is 1. The van der Waals surface area contributed by atoms with Gasteiger partial charge in [-0.1, -0.05) is 6.07 Å². The molecule has 0 bridgehead atoms. The molecule has 12 heavy (non-hydrogen) atoms. The van der Waals surface area contributed by atoms with Crippen molar-refractivity contribution in [2.75, 3.05) is 6.61 Å². The van der Waals surface area contributed by atoms with Gasteiger partial charge in [0.15, 0.2) is 11.6 Å². The second-order valence-electron chi connectivity index (χ2n) is 2.70. The molecular weight excluding hydrogens is 225 g/mol. The molecule has 1 aliphatic heterocycles. The van der Waals surface area contributed by atoms with E-state index in [0.29, 0.717) is 11.1 Å². The molecule has 0 saturated heterocycles. The summed E-state index contributed by atoms with van der Waals surface area (Å²) in [6.45, 7) is 0.364. The van der Waals surface area contributed by atoms with Gasteiger partial charge in [0, 0.05) is 5.56 Å². The van der Waals surface area contributed by atoms with Gasteiger partial charge >= 0.3 is 0 Å². The molecule has 64 valence electrons. The molecule has 2 N–H and O–H groups in total. The number of ether oxygens (including phenoxy) is 1. The number of fused-ring (bicyclic) bond motifs is 1. The third-order valence-corrected chi connectivity index (χ3v) is 2.50. The van der Waals surface area contributed by atoms with Crippen LogP contribution in [0.25, 0.3) is 0 Å². The lowest BCUT2D eigenvalue weighted by Gasteiger charge is -2.02. The summed E-state index contributed by atoms with van der Waals surface area (Å²) in [6.07, 6.45) is 0. The molecular formula is C8H7BrFNO. The molecule has 0 saturated carbocycles. The SMILES string of the molecule is N[C@H]1COc2c1ccc(Br)c2F. The fourth-order valence-electron chi connectivity index (χ4n) is 1.25. The molecule has 4 heteroatoms. The first-order valence-electron chi connectivity index (χ1n) is 3.56. The Kier molecular flexibility index (Phi) is 1.81. The first kappa shape index (κ1) is 8.01. The first-order valence-corrected chi connectivity index (χ1v) is 4.35. The maximum absolute atomic E-state index is 13.2. The van der Waals surface area contributed by atoms with Crippen molar-refractivity contribution in [3.05, 3.63) is 28.0 Å². The predicted molar refractivity (Wildman–Crippen MR) is 46.5 cm³/mol. The molecule has 0 spiro atoms. The van der Waals surface area contributed by atoms with Crippen LogP contribution in [0.3, 0.4) is 0 Å². The van der Waals surface area contributed by atoms with Gasteiger partial charge in [-0.05, 0) is 22.0 Å². The normalized spacial score (nSPS) is 20.4. The Labute approximate surface area is 77.6 Å². The van der Waals surface area contributed by atoms with E-state index in [1.165, 1.54) is 0 Å². The highest BCUT2D eigenvalue weighted by atomic mass is 79.9. The average molecular weight is 232 g/mol. The van der Waals surface area contributed by atoms with Crippen LogP contribution in [0.2, 0.25) is 0 Å². The van der Waals surface area contributed by atoms with Crippen LogP contribution in [0.1, 0.15) is 11.6 Å². The minimum absolute atomic E-state index is 0.192. The zero-order valence-corrected chi connectivity index (χ0v) is 7.77. The summed E-state index contributed by atoms with van der Waals surface area (Å²) in [4.78, 5) is 0. The third kappa shape index (κ3) is 1.03. The maximum Gasteiger partial charge on any atom is 0.179 e. The monoisotopic (exact) mass is 231 g/mol. The highest BCUT2D eigenvalue weighted by Crippen LogP contribution is 2.36. The van der Waals surface area contributed by atoms with E-state index in [1.54, 1.807) is 12.1 Å².